The van der Waals surface area contributed by atoms with Gasteiger partial charge in [0, 0.05) is 50.8 Å². The van der Waals surface area contributed by atoms with Crippen LogP contribution in [-0.2, 0) is 39.8 Å². The SMILES string of the molecule is CO[C@@H]1/C=C/C=C(\C)Cc2cc(C)c(Cl)c(c2)N(C)C(=O)C[C@H](OC(=O)[C@H](C)N(C)C(=O)c2ccc(N)c3cccnc23)[C@]2(C)O[C@H]2[C@H](C)[C@@H]2C[C@@]1(O)CC(=O)O2. The minimum absolute atomic E-state index is 0.0513. The summed E-state index contributed by atoms with van der Waals surface area (Å²) in [5.74, 6) is -2.75. The van der Waals surface area contributed by atoms with E-state index >= 15 is 0 Å². The lowest BCUT2D eigenvalue weighted by Gasteiger charge is -2.41. The quantitative estimate of drug-likeness (QED) is 0.189. The predicted octanol–water partition coefficient (Wildman–Crippen LogP) is 5.51. The zero-order valence-electron chi connectivity index (χ0n) is 33.6. The number of amides is 2. The maximum absolute atomic E-state index is 14.2. The molecule has 4 heterocycles. The number of nitrogen functional groups attached to an aromatic ring is 1. The van der Waals surface area contributed by atoms with E-state index in [1.165, 1.54) is 30.9 Å². The van der Waals surface area contributed by atoms with E-state index < -0.39 is 71.3 Å². The van der Waals surface area contributed by atoms with Gasteiger partial charge in [0.2, 0.25) is 5.91 Å². The largest absolute Gasteiger partial charge is 0.462 e. The lowest BCUT2D eigenvalue weighted by atomic mass is 9.78. The molecule has 2 fully saturated rings. The van der Waals surface area contributed by atoms with Crippen LogP contribution in [0.25, 0.3) is 10.9 Å². The predicted molar refractivity (Wildman–Crippen MR) is 216 cm³/mol. The van der Waals surface area contributed by atoms with Gasteiger partial charge in [0.15, 0.2) is 0 Å². The maximum atomic E-state index is 14.2. The number of aliphatic hydroxyl groups is 1. The number of anilines is 2. The van der Waals surface area contributed by atoms with Crippen LogP contribution in [0, 0.1) is 12.8 Å². The Balaban J connectivity index is 1.34. The Hall–Kier alpha value is -4.82. The van der Waals surface area contributed by atoms with Gasteiger partial charge in [-0.15, -0.1) is 0 Å². The number of nitrogens with zero attached hydrogens (tertiary/aromatic N) is 3. The second kappa shape index (κ2) is 16.2. The molecule has 57 heavy (non-hydrogen) atoms. The number of ether oxygens (including phenoxy) is 4. The highest BCUT2D eigenvalue weighted by Gasteiger charge is 2.64. The van der Waals surface area contributed by atoms with Gasteiger partial charge in [-0.2, -0.15) is 0 Å². The minimum Gasteiger partial charge on any atom is -0.462 e. The summed E-state index contributed by atoms with van der Waals surface area (Å²) in [5.41, 5.74) is 7.60. The third kappa shape index (κ3) is 8.29. The molecule has 13 nitrogen and oxygen atoms in total. The van der Waals surface area contributed by atoms with Crippen LogP contribution in [0.15, 0.2) is 66.4 Å². The third-order valence-electron chi connectivity index (χ3n) is 11.7. The first-order valence-corrected chi connectivity index (χ1v) is 19.4. The number of hydrogen-bond donors (Lipinski definition) is 2. The van der Waals surface area contributed by atoms with Gasteiger partial charge in [-0.1, -0.05) is 48.4 Å². The summed E-state index contributed by atoms with van der Waals surface area (Å²) < 4.78 is 24.0. The number of hydrogen-bond acceptors (Lipinski definition) is 11. The fourth-order valence-electron chi connectivity index (χ4n) is 8.03. The van der Waals surface area contributed by atoms with Crippen molar-refractivity contribution in [2.45, 2.75) is 102 Å². The first-order valence-electron chi connectivity index (χ1n) is 19.0. The topological polar surface area (TPSA) is 174 Å². The Kier molecular flexibility index (Phi) is 11.9. The number of aromatic nitrogens is 1. The molecule has 3 aliphatic heterocycles. The number of esters is 2. The summed E-state index contributed by atoms with van der Waals surface area (Å²) >= 11 is 6.81. The van der Waals surface area contributed by atoms with Gasteiger partial charge >= 0.3 is 11.9 Å². The number of carbonyl (C=O) groups is 4. The van der Waals surface area contributed by atoms with Crippen LogP contribution in [0.3, 0.4) is 0 Å². The molecule has 14 heteroatoms. The van der Waals surface area contributed by atoms with Crippen LogP contribution in [-0.4, -0.2) is 102 Å². The summed E-state index contributed by atoms with van der Waals surface area (Å²) in [4.78, 5) is 62.2. The van der Waals surface area contributed by atoms with Crippen molar-refractivity contribution in [1.82, 2.24) is 9.88 Å². The fraction of sp³-hybridized carbons (Fsp3) is 0.465. The molecular weight excluding hydrogens is 752 g/mol. The summed E-state index contributed by atoms with van der Waals surface area (Å²) in [6, 6.07) is 9.38. The zero-order valence-corrected chi connectivity index (χ0v) is 34.3. The molecule has 2 amide bonds. The van der Waals surface area contributed by atoms with Gasteiger partial charge in [-0.25, -0.2) is 4.79 Å². The van der Waals surface area contributed by atoms with Gasteiger partial charge in [-0.05, 0) is 75.6 Å². The average Bonchev–Trinajstić information content (AvgIpc) is 3.87. The molecule has 4 bridgehead atoms. The van der Waals surface area contributed by atoms with Crippen LogP contribution >= 0.6 is 11.6 Å². The van der Waals surface area contributed by atoms with Crippen molar-refractivity contribution in [1.29, 1.82) is 0 Å². The van der Waals surface area contributed by atoms with Crippen molar-refractivity contribution >= 4 is 57.6 Å². The lowest BCUT2D eigenvalue weighted by Crippen LogP contribution is -2.53. The molecule has 0 saturated carbocycles. The molecule has 0 aliphatic carbocycles. The number of likely N-dealkylation sites (N-methyl/N-ethyl adjacent to an activating group) is 1. The molecule has 6 rings (SSSR count). The zero-order chi connectivity index (χ0) is 41.6. The van der Waals surface area contributed by atoms with E-state index in [-0.39, 0.29) is 24.8 Å². The van der Waals surface area contributed by atoms with Crippen molar-refractivity contribution in [3.63, 3.8) is 0 Å². The fourth-order valence-corrected chi connectivity index (χ4v) is 8.26. The van der Waals surface area contributed by atoms with Crippen molar-refractivity contribution < 1.29 is 43.2 Å². The molecule has 2 aromatic carbocycles. The first-order chi connectivity index (χ1) is 26.9. The number of allylic oxidation sites excluding steroid dienone is 3. The van der Waals surface area contributed by atoms with Gasteiger partial charge < -0.3 is 39.6 Å². The number of carbonyl (C=O) groups excluding carboxylic acids is 4. The number of aryl methyl sites for hydroxylation is 1. The summed E-state index contributed by atoms with van der Waals surface area (Å²) in [6.45, 7) is 8.92. The van der Waals surface area contributed by atoms with Gasteiger partial charge in [0.05, 0.1) is 40.7 Å². The molecule has 0 unspecified atom stereocenters. The van der Waals surface area contributed by atoms with Gasteiger partial charge in [0.1, 0.15) is 35.6 Å². The molecule has 3 aliphatic rings. The monoisotopic (exact) mass is 802 g/mol. The highest BCUT2D eigenvalue weighted by molar-refractivity contribution is 6.34. The van der Waals surface area contributed by atoms with E-state index in [1.807, 2.05) is 39.0 Å². The summed E-state index contributed by atoms with van der Waals surface area (Å²) in [7, 11) is 4.58. The number of methoxy groups -OCH3 is 1. The van der Waals surface area contributed by atoms with Gasteiger partial charge in [0.25, 0.3) is 5.91 Å². The number of pyridine rings is 1. The first kappa shape index (κ1) is 41.8. The lowest BCUT2D eigenvalue weighted by molar-refractivity contribution is -0.187. The maximum Gasteiger partial charge on any atom is 0.328 e. The summed E-state index contributed by atoms with van der Waals surface area (Å²) in [5, 5.41) is 12.9. The van der Waals surface area contributed by atoms with E-state index in [0.717, 1.165) is 16.7 Å². The summed E-state index contributed by atoms with van der Waals surface area (Å²) in [6.07, 6.45) is 3.57. The molecule has 304 valence electrons. The Labute approximate surface area is 337 Å². The molecule has 3 N–H and O–H groups in total. The number of nitrogens with two attached hydrogens (primary N) is 1. The Bertz CT molecular complexity index is 2160. The molecule has 3 aromatic rings. The third-order valence-corrected chi connectivity index (χ3v) is 12.2. The number of fused-ring (bicyclic) bond motifs is 6. The average molecular weight is 803 g/mol. The molecule has 1 aromatic heterocycles. The Morgan fingerprint density at radius 3 is 2.65 bits per heavy atom. The Morgan fingerprint density at radius 2 is 1.93 bits per heavy atom. The van der Waals surface area contributed by atoms with E-state index in [2.05, 4.69) is 4.98 Å². The number of epoxide rings is 1. The molecular formula is C43H51ClN4O9. The van der Waals surface area contributed by atoms with Crippen molar-refractivity contribution in [2.75, 3.05) is 31.8 Å². The molecule has 2 saturated heterocycles. The molecule has 0 radical (unpaired) electrons. The van der Waals surface area contributed by atoms with Crippen LogP contribution in [0.5, 0.6) is 0 Å². The smallest absolute Gasteiger partial charge is 0.328 e. The Morgan fingerprint density at radius 1 is 1.19 bits per heavy atom. The second-order valence-electron chi connectivity index (χ2n) is 15.8. The van der Waals surface area contributed by atoms with E-state index in [0.29, 0.717) is 33.7 Å². The van der Waals surface area contributed by atoms with E-state index in [4.69, 9.17) is 36.3 Å². The second-order valence-corrected chi connectivity index (χ2v) is 16.2. The van der Waals surface area contributed by atoms with Crippen molar-refractivity contribution in [3.05, 3.63) is 88.1 Å². The normalized spacial score (nSPS) is 30.0. The number of rotatable bonds is 5. The van der Waals surface area contributed by atoms with E-state index in [1.54, 1.807) is 56.6 Å². The van der Waals surface area contributed by atoms with Crippen molar-refractivity contribution in [3.8, 4) is 0 Å². The van der Waals surface area contributed by atoms with E-state index in [9.17, 15) is 24.3 Å². The van der Waals surface area contributed by atoms with Crippen LogP contribution in [0.1, 0.15) is 68.4 Å². The molecule has 0 spiro atoms. The highest BCUT2D eigenvalue weighted by Crippen LogP contribution is 2.49. The standard InChI is InChI=1S/C43H51ClN4O9/c1-23-11-9-13-33(54-8)43(53)21-32(55-36(50)22-43)25(3)39-42(5,57-39)34(20-35(49)48(7)31-19-27(17-23)18-24(2)37(31)44)56-41(52)26(4)47(6)40(51)29-14-15-30(45)28-12-10-16-46-38(28)29/h9-16,18-19,25-26,32-34,39,53H,17,20-22,45H2,1-8H3/b13-9+,23-11+/t25-,26+,32+,33-,34+,39+,42+,43-/m1/s1. The van der Waals surface area contributed by atoms with Gasteiger partial charge in [-0.3, -0.25) is 19.4 Å². The highest BCUT2D eigenvalue weighted by atomic mass is 35.5. The van der Waals surface area contributed by atoms with Crippen LogP contribution < -0.4 is 10.6 Å². The number of halogens is 1. The number of benzene rings is 2. The molecule has 8 atom stereocenters. The minimum atomic E-state index is -1.58. The van der Waals surface area contributed by atoms with Crippen LogP contribution in [0.4, 0.5) is 11.4 Å². The van der Waals surface area contributed by atoms with Crippen molar-refractivity contribution in [2.24, 2.45) is 5.92 Å². The van der Waals surface area contributed by atoms with Crippen LogP contribution in [0.2, 0.25) is 5.02 Å².